The standard InChI is InChI=1S/C11H12ClFO2/c12-8-1-2-9(10(13)5-8)11(14)7-3-4-15-6-7/h1-2,5,7,11,14H,3-4,6H2. The number of rotatable bonds is 2. The third-order valence-corrected chi connectivity index (χ3v) is 2.93. The third-order valence-electron chi connectivity index (χ3n) is 2.69. The van der Waals surface area contributed by atoms with Gasteiger partial charge in [0, 0.05) is 23.1 Å². The highest BCUT2D eigenvalue weighted by atomic mass is 35.5. The van der Waals surface area contributed by atoms with Crippen LogP contribution in [-0.4, -0.2) is 18.3 Å². The number of aliphatic hydroxyl groups excluding tert-OH is 1. The summed E-state index contributed by atoms with van der Waals surface area (Å²) in [5, 5.41) is 10.3. The normalized spacial score (nSPS) is 23.0. The Balaban J connectivity index is 2.20. The van der Waals surface area contributed by atoms with Crippen LogP contribution in [0.25, 0.3) is 0 Å². The summed E-state index contributed by atoms with van der Waals surface area (Å²) in [5.41, 5.74) is 0.301. The highest BCUT2D eigenvalue weighted by Gasteiger charge is 2.27. The molecule has 1 aromatic rings. The Bertz CT molecular complexity index is 350. The molecule has 1 aliphatic rings. The molecule has 1 heterocycles. The van der Waals surface area contributed by atoms with Gasteiger partial charge in [-0.25, -0.2) is 4.39 Å². The lowest BCUT2D eigenvalue weighted by Gasteiger charge is -2.17. The first-order chi connectivity index (χ1) is 7.18. The molecule has 0 amide bonds. The van der Waals surface area contributed by atoms with Gasteiger partial charge in [-0.2, -0.15) is 0 Å². The van der Waals surface area contributed by atoms with Crippen molar-refractivity contribution < 1.29 is 14.2 Å². The predicted octanol–water partition coefficient (Wildman–Crippen LogP) is 2.55. The van der Waals surface area contributed by atoms with Crippen LogP contribution in [0.5, 0.6) is 0 Å². The number of ether oxygens (including phenoxy) is 1. The molecule has 2 unspecified atom stereocenters. The van der Waals surface area contributed by atoms with Crippen molar-refractivity contribution in [2.75, 3.05) is 13.2 Å². The molecule has 1 aromatic carbocycles. The molecule has 0 spiro atoms. The van der Waals surface area contributed by atoms with Crippen LogP contribution < -0.4 is 0 Å². The first-order valence-corrected chi connectivity index (χ1v) is 5.27. The van der Waals surface area contributed by atoms with Gasteiger partial charge >= 0.3 is 0 Å². The number of aliphatic hydroxyl groups is 1. The van der Waals surface area contributed by atoms with E-state index in [1.165, 1.54) is 12.1 Å². The van der Waals surface area contributed by atoms with Crippen LogP contribution in [0.2, 0.25) is 5.02 Å². The van der Waals surface area contributed by atoms with Crippen LogP contribution >= 0.6 is 11.6 Å². The summed E-state index contributed by atoms with van der Waals surface area (Å²) < 4.78 is 18.6. The number of hydrogen-bond donors (Lipinski definition) is 1. The lowest BCUT2D eigenvalue weighted by molar-refractivity contribution is 0.0889. The van der Waals surface area contributed by atoms with Crippen LogP contribution in [0.4, 0.5) is 4.39 Å². The molecular formula is C11H12ClFO2. The fraction of sp³-hybridized carbons (Fsp3) is 0.455. The van der Waals surface area contributed by atoms with Crippen molar-refractivity contribution in [3.8, 4) is 0 Å². The van der Waals surface area contributed by atoms with Crippen molar-refractivity contribution in [2.24, 2.45) is 5.92 Å². The summed E-state index contributed by atoms with van der Waals surface area (Å²) in [7, 11) is 0. The lowest BCUT2D eigenvalue weighted by atomic mass is 9.95. The van der Waals surface area contributed by atoms with Gasteiger partial charge in [0.25, 0.3) is 0 Å². The van der Waals surface area contributed by atoms with Crippen molar-refractivity contribution in [1.82, 2.24) is 0 Å². The maximum absolute atomic E-state index is 13.5. The summed E-state index contributed by atoms with van der Waals surface area (Å²) >= 11 is 5.63. The molecule has 2 nitrogen and oxygen atoms in total. The molecule has 1 aliphatic heterocycles. The Morgan fingerprint density at radius 3 is 2.93 bits per heavy atom. The minimum atomic E-state index is -0.801. The average molecular weight is 231 g/mol. The van der Waals surface area contributed by atoms with Crippen molar-refractivity contribution in [3.63, 3.8) is 0 Å². The molecule has 0 bridgehead atoms. The van der Waals surface area contributed by atoms with Crippen molar-refractivity contribution >= 4 is 11.6 Å². The molecular weight excluding hydrogens is 219 g/mol. The molecule has 0 radical (unpaired) electrons. The highest BCUT2D eigenvalue weighted by Crippen LogP contribution is 2.30. The van der Waals surface area contributed by atoms with Gasteiger partial charge in [-0.3, -0.25) is 0 Å². The molecule has 15 heavy (non-hydrogen) atoms. The zero-order chi connectivity index (χ0) is 10.8. The van der Waals surface area contributed by atoms with E-state index in [-0.39, 0.29) is 5.92 Å². The molecule has 0 saturated carbocycles. The second-order valence-corrected chi connectivity index (χ2v) is 4.17. The monoisotopic (exact) mass is 230 g/mol. The maximum Gasteiger partial charge on any atom is 0.130 e. The van der Waals surface area contributed by atoms with Gasteiger partial charge in [0.05, 0.1) is 12.7 Å². The molecule has 2 atom stereocenters. The van der Waals surface area contributed by atoms with Crippen LogP contribution in [0, 0.1) is 11.7 Å². The van der Waals surface area contributed by atoms with Gasteiger partial charge in [-0.1, -0.05) is 17.7 Å². The Morgan fingerprint density at radius 2 is 2.33 bits per heavy atom. The largest absolute Gasteiger partial charge is 0.388 e. The summed E-state index contributed by atoms with van der Waals surface area (Å²) in [5.74, 6) is -0.470. The summed E-state index contributed by atoms with van der Waals surface area (Å²) in [4.78, 5) is 0. The van der Waals surface area contributed by atoms with E-state index in [0.717, 1.165) is 6.42 Å². The Morgan fingerprint density at radius 1 is 1.53 bits per heavy atom. The predicted molar refractivity (Wildman–Crippen MR) is 55.3 cm³/mol. The SMILES string of the molecule is OC(c1ccc(Cl)cc1F)C1CCOC1. The van der Waals surface area contributed by atoms with Crippen molar-refractivity contribution in [2.45, 2.75) is 12.5 Å². The molecule has 2 rings (SSSR count). The van der Waals surface area contributed by atoms with E-state index < -0.39 is 11.9 Å². The first kappa shape index (κ1) is 10.9. The fourth-order valence-corrected chi connectivity index (χ4v) is 1.96. The van der Waals surface area contributed by atoms with Gasteiger partial charge < -0.3 is 9.84 Å². The first-order valence-electron chi connectivity index (χ1n) is 4.89. The van der Waals surface area contributed by atoms with E-state index in [9.17, 15) is 9.50 Å². The summed E-state index contributed by atoms with van der Waals surface area (Å²) in [6.45, 7) is 1.13. The molecule has 82 valence electrons. The van der Waals surface area contributed by atoms with Crippen LogP contribution in [0.3, 0.4) is 0 Å². The molecule has 1 N–H and O–H groups in total. The zero-order valence-electron chi connectivity index (χ0n) is 8.12. The minimum absolute atomic E-state index is 0.0133. The highest BCUT2D eigenvalue weighted by molar-refractivity contribution is 6.30. The minimum Gasteiger partial charge on any atom is -0.388 e. The second kappa shape index (κ2) is 4.47. The van der Waals surface area contributed by atoms with E-state index in [2.05, 4.69) is 0 Å². The summed E-state index contributed by atoms with van der Waals surface area (Å²) in [6.07, 6.45) is -0.0340. The van der Waals surface area contributed by atoms with Gasteiger partial charge in [0.1, 0.15) is 5.82 Å². The average Bonchev–Trinajstić information content (AvgIpc) is 2.69. The lowest BCUT2D eigenvalue weighted by Crippen LogP contribution is -2.13. The van der Waals surface area contributed by atoms with Crippen molar-refractivity contribution in [1.29, 1.82) is 0 Å². The van der Waals surface area contributed by atoms with Crippen LogP contribution in [0.15, 0.2) is 18.2 Å². The Hall–Kier alpha value is -0.640. The smallest absolute Gasteiger partial charge is 0.130 e. The van der Waals surface area contributed by atoms with E-state index in [4.69, 9.17) is 16.3 Å². The maximum atomic E-state index is 13.5. The van der Waals surface area contributed by atoms with Crippen molar-refractivity contribution in [3.05, 3.63) is 34.6 Å². The van der Waals surface area contributed by atoms with E-state index in [1.807, 2.05) is 0 Å². The van der Waals surface area contributed by atoms with E-state index in [0.29, 0.717) is 23.8 Å². The van der Waals surface area contributed by atoms with E-state index >= 15 is 0 Å². The van der Waals surface area contributed by atoms with Gasteiger partial charge in [-0.15, -0.1) is 0 Å². The third kappa shape index (κ3) is 2.30. The molecule has 0 aliphatic carbocycles. The van der Waals surface area contributed by atoms with Gasteiger partial charge in [0.2, 0.25) is 0 Å². The molecule has 0 aromatic heterocycles. The van der Waals surface area contributed by atoms with E-state index in [1.54, 1.807) is 6.07 Å². The number of benzene rings is 1. The van der Waals surface area contributed by atoms with Crippen LogP contribution in [0.1, 0.15) is 18.1 Å². The molecule has 4 heteroatoms. The Kier molecular flexibility index (Phi) is 3.24. The topological polar surface area (TPSA) is 29.5 Å². The van der Waals surface area contributed by atoms with Gasteiger partial charge in [-0.05, 0) is 18.6 Å². The molecule has 1 saturated heterocycles. The molecule has 1 fully saturated rings. The second-order valence-electron chi connectivity index (χ2n) is 3.73. The summed E-state index contributed by atoms with van der Waals surface area (Å²) in [6, 6.07) is 4.33. The van der Waals surface area contributed by atoms with Crippen LogP contribution in [-0.2, 0) is 4.74 Å². The number of hydrogen-bond acceptors (Lipinski definition) is 2. The zero-order valence-corrected chi connectivity index (χ0v) is 8.88. The van der Waals surface area contributed by atoms with Gasteiger partial charge in [0.15, 0.2) is 0 Å². The number of halogens is 2. The quantitative estimate of drug-likeness (QED) is 0.846. The fourth-order valence-electron chi connectivity index (χ4n) is 1.80. The Labute approximate surface area is 92.6 Å².